The number of rotatable bonds is 5. The SMILES string of the molecule is C/C=C(C)/C=C/c1nc(-c2ccccc2C=N)nc(N2CCOCC2)c1S. The first-order chi connectivity index (χ1) is 13.1. The van der Waals surface area contributed by atoms with Crippen LogP contribution in [0.1, 0.15) is 25.1 Å². The minimum absolute atomic E-state index is 0.603. The Bertz CT molecular complexity index is 886. The third-order valence-corrected chi connectivity index (χ3v) is 4.95. The smallest absolute Gasteiger partial charge is 0.162 e. The Labute approximate surface area is 165 Å². The van der Waals surface area contributed by atoms with E-state index in [1.807, 2.05) is 56.3 Å². The van der Waals surface area contributed by atoms with Gasteiger partial charge in [0.25, 0.3) is 0 Å². The first-order valence-electron chi connectivity index (χ1n) is 8.98. The average Bonchev–Trinajstić information content (AvgIpc) is 2.73. The highest BCUT2D eigenvalue weighted by Crippen LogP contribution is 2.30. The maximum Gasteiger partial charge on any atom is 0.162 e. The number of ether oxygens (including phenoxy) is 1. The third kappa shape index (κ3) is 4.46. The highest BCUT2D eigenvalue weighted by molar-refractivity contribution is 7.80. The molecular formula is C21H24N4OS. The lowest BCUT2D eigenvalue weighted by Gasteiger charge is -2.29. The zero-order valence-electron chi connectivity index (χ0n) is 15.6. The van der Waals surface area contributed by atoms with Gasteiger partial charge in [0, 0.05) is 30.4 Å². The number of aromatic nitrogens is 2. The van der Waals surface area contributed by atoms with Crippen molar-refractivity contribution >= 4 is 30.7 Å². The fourth-order valence-corrected chi connectivity index (χ4v) is 3.14. The van der Waals surface area contributed by atoms with Crippen LogP contribution in [0.5, 0.6) is 0 Å². The summed E-state index contributed by atoms with van der Waals surface area (Å²) in [5.74, 6) is 1.41. The number of hydrogen-bond donors (Lipinski definition) is 2. The molecule has 1 aromatic heterocycles. The van der Waals surface area contributed by atoms with Gasteiger partial charge in [0.2, 0.25) is 0 Å². The molecule has 0 radical (unpaired) electrons. The Hall–Kier alpha value is -2.44. The zero-order chi connectivity index (χ0) is 19.2. The number of hydrogen-bond acceptors (Lipinski definition) is 6. The molecule has 0 unspecified atom stereocenters. The summed E-state index contributed by atoms with van der Waals surface area (Å²) < 4.78 is 5.47. The fourth-order valence-electron chi connectivity index (χ4n) is 2.83. The molecule has 140 valence electrons. The summed E-state index contributed by atoms with van der Waals surface area (Å²) in [6, 6.07) is 7.69. The number of benzene rings is 1. The molecule has 0 bridgehead atoms. The molecule has 5 nitrogen and oxygen atoms in total. The molecule has 2 aromatic rings. The first-order valence-corrected chi connectivity index (χ1v) is 9.43. The third-order valence-electron chi connectivity index (χ3n) is 4.52. The topological polar surface area (TPSA) is 62.1 Å². The predicted octanol–water partition coefficient (Wildman–Crippen LogP) is 4.25. The molecule has 0 spiro atoms. The number of allylic oxidation sites excluding steroid dienone is 3. The molecule has 1 aliphatic rings. The molecule has 1 aromatic carbocycles. The van der Waals surface area contributed by atoms with Gasteiger partial charge in [-0.15, -0.1) is 12.6 Å². The van der Waals surface area contributed by atoms with E-state index in [2.05, 4.69) is 4.90 Å². The van der Waals surface area contributed by atoms with E-state index in [4.69, 9.17) is 32.7 Å². The van der Waals surface area contributed by atoms with Gasteiger partial charge in [0.1, 0.15) is 5.82 Å². The summed E-state index contributed by atoms with van der Waals surface area (Å²) in [6.45, 7) is 6.94. The van der Waals surface area contributed by atoms with Crippen LogP contribution in [0.25, 0.3) is 17.5 Å². The molecule has 1 aliphatic heterocycles. The van der Waals surface area contributed by atoms with Crippen molar-refractivity contribution in [2.75, 3.05) is 31.2 Å². The van der Waals surface area contributed by atoms with E-state index in [0.717, 1.165) is 46.2 Å². The summed E-state index contributed by atoms with van der Waals surface area (Å²) >= 11 is 4.74. The molecule has 6 heteroatoms. The monoisotopic (exact) mass is 380 g/mol. The molecule has 3 rings (SSSR count). The Morgan fingerprint density at radius 1 is 1.22 bits per heavy atom. The Kier molecular flexibility index (Phi) is 6.42. The quantitative estimate of drug-likeness (QED) is 0.463. The molecule has 0 saturated carbocycles. The number of morpholine rings is 1. The van der Waals surface area contributed by atoms with Crippen LogP contribution < -0.4 is 4.90 Å². The van der Waals surface area contributed by atoms with Crippen LogP contribution in [0.15, 0.2) is 46.9 Å². The van der Waals surface area contributed by atoms with Crippen LogP contribution in [0.3, 0.4) is 0 Å². The van der Waals surface area contributed by atoms with E-state index in [9.17, 15) is 0 Å². The van der Waals surface area contributed by atoms with Crippen molar-refractivity contribution in [1.29, 1.82) is 5.41 Å². The lowest BCUT2D eigenvalue weighted by Crippen LogP contribution is -2.37. The van der Waals surface area contributed by atoms with Crippen molar-refractivity contribution in [3.8, 4) is 11.4 Å². The van der Waals surface area contributed by atoms with Gasteiger partial charge in [-0.2, -0.15) is 0 Å². The summed E-state index contributed by atoms with van der Waals surface area (Å²) in [6.07, 6.45) is 7.38. The van der Waals surface area contributed by atoms with Crippen molar-refractivity contribution in [2.45, 2.75) is 18.7 Å². The average molecular weight is 381 g/mol. The zero-order valence-corrected chi connectivity index (χ0v) is 16.5. The van der Waals surface area contributed by atoms with Crippen molar-refractivity contribution in [1.82, 2.24) is 9.97 Å². The van der Waals surface area contributed by atoms with Gasteiger partial charge < -0.3 is 15.0 Å². The highest BCUT2D eigenvalue weighted by atomic mass is 32.1. The van der Waals surface area contributed by atoms with Crippen molar-refractivity contribution in [3.05, 3.63) is 53.2 Å². The van der Waals surface area contributed by atoms with Crippen LogP contribution in [-0.2, 0) is 4.74 Å². The van der Waals surface area contributed by atoms with Crippen molar-refractivity contribution in [3.63, 3.8) is 0 Å². The number of thiol groups is 1. The predicted molar refractivity (Wildman–Crippen MR) is 114 cm³/mol. The van der Waals surface area contributed by atoms with Gasteiger partial charge in [0.05, 0.1) is 23.8 Å². The number of nitrogens with one attached hydrogen (secondary N) is 1. The van der Waals surface area contributed by atoms with Crippen molar-refractivity contribution in [2.24, 2.45) is 0 Å². The van der Waals surface area contributed by atoms with E-state index in [1.165, 1.54) is 6.21 Å². The second-order valence-corrected chi connectivity index (χ2v) is 6.75. The van der Waals surface area contributed by atoms with Gasteiger partial charge >= 0.3 is 0 Å². The van der Waals surface area contributed by atoms with Crippen LogP contribution in [0.4, 0.5) is 5.82 Å². The largest absolute Gasteiger partial charge is 0.378 e. The molecule has 0 amide bonds. The van der Waals surface area contributed by atoms with Gasteiger partial charge in [0.15, 0.2) is 5.82 Å². The molecule has 0 aliphatic carbocycles. The number of nitrogens with zero attached hydrogens (tertiary/aromatic N) is 3. The van der Waals surface area contributed by atoms with E-state index >= 15 is 0 Å². The summed E-state index contributed by atoms with van der Waals surface area (Å²) in [5.41, 5.74) is 3.55. The summed E-state index contributed by atoms with van der Waals surface area (Å²) in [4.78, 5) is 12.5. The van der Waals surface area contributed by atoms with E-state index < -0.39 is 0 Å². The lowest BCUT2D eigenvalue weighted by molar-refractivity contribution is 0.122. The first kappa shape index (κ1) is 19.3. The molecule has 2 heterocycles. The van der Waals surface area contributed by atoms with Crippen LogP contribution in [0, 0.1) is 5.41 Å². The minimum Gasteiger partial charge on any atom is -0.378 e. The maximum atomic E-state index is 7.70. The molecule has 1 saturated heterocycles. The fraction of sp³-hybridized carbons (Fsp3) is 0.286. The maximum absolute atomic E-state index is 7.70. The van der Waals surface area contributed by atoms with Crippen molar-refractivity contribution < 1.29 is 4.74 Å². The highest BCUT2D eigenvalue weighted by Gasteiger charge is 2.20. The minimum atomic E-state index is 0.603. The Morgan fingerprint density at radius 2 is 1.96 bits per heavy atom. The normalized spacial score (nSPS) is 15.4. The molecule has 1 fully saturated rings. The standard InChI is InChI=1S/C21H24N4OS/c1-3-15(2)8-9-18-19(27)21(25-10-12-26-13-11-25)24-20(23-18)17-7-5-4-6-16(17)14-22/h3-9,14,22,27H,10-13H2,1-2H3/b9-8+,15-3+,22-14?. The van der Waals surface area contributed by atoms with E-state index in [0.29, 0.717) is 19.0 Å². The van der Waals surface area contributed by atoms with Gasteiger partial charge in [-0.3, -0.25) is 0 Å². The summed E-state index contributed by atoms with van der Waals surface area (Å²) in [5, 5.41) is 7.70. The van der Waals surface area contributed by atoms with Crippen LogP contribution >= 0.6 is 12.6 Å². The number of anilines is 1. The second kappa shape index (κ2) is 8.97. The molecule has 0 atom stereocenters. The van der Waals surface area contributed by atoms with Gasteiger partial charge in [-0.25, -0.2) is 9.97 Å². The van der Waals surface area contributed by atoms with E-state index in [-0.39, 0.29) is 0 Å². The molecule has 27 heavy (non-hydrogen) atoms. The van der Waals surface area contributed by atoms with Crippen LogP contribution in [-0.4, -0.2) is 42.5 Å². The molecule has 1 N–H and O–H groups in total. The molecular weight excluding hydrogens is 356 g/mol. The second-order valence-electron chi connectivity index (χ2n) is 6.30. The lowest BCUT2D eigenvalue weighted by atomic mass is 10.1. The Balaban J connectivity index is 2.15. The van der Waals surface area contributed by atoms with E-state index in [1.54, 1.807) is 0 Å². The van der Waals surface area contributed by atoms with Gasteiger partial charge in [-0.05, 0) is 19.9 Å². The van der Waals surface area contributed by atoms with Crippen LogP contribution in [0.2, 0.25) is 0 Å². The van der Waals surface area contributed by atoms with Gasteiger partial charge in [-0.1, -0.05) is 42.0 Å². The Morgan fingerprint density at radius 3 is 2.67 bits per heavy atom. The summed E-state index contributed by atoms with van der Waals surface area (Å²) in [7, 11) is 0.